The molecule has 5 nitrogen and oxygen atoms in total. The Morgan fingerprint density at radius 1 is 1.32 bits per heavy atom. The number of amides is 1. The van der Waals surface area contributed by atoms with E-state index in [2.05, 4.69) is 36.3 Å². The minimum absolute atomic E-state index is 0.0662. The molecule has 1 aromatic carbocycles. The fourth-order valence-electron chi connectivity index (χ4n) is 2.62. The van der Waals surface area contributed by atoms with Gasteiger partial charge in [0.2, 0.25) is 5.91 Å². The van der Waals surface area contributed by atoms with E-state index in [0.29, 0.717) is 11.6 Å². The topological polar surface area (TPSA) is 76.1 Å². The maximum absolute atomic E-state index is 12.1. The van der Waals surface area contributed by atoms with E-state index in [1.54, 1.807) is 0 Å². The van der Waals surface area contributed by atoms with E-state index in [1.807, 2.05) is 17.5 Å². The summed E-state index contributed by atoms with van der Waals surface area (Å²) in [6, 6.07) is 7.85. The Labute approximate surface area is 151 Å². The second-order valence-corrected chi connectivity index (χ2v) is 9.22. The summed E-state index contributed by atoms with van der Waals surface area (Å²) in [6.45, 7) is 4.31. The van der Waals surface area contributed by atoms with Crippen LogP contribution in [-0.2, 0) is 21.1 Å². The van der Waals surface area contributed by atoms with Gasteiger partial charge in [0, 0.05) is 16.4 Å². The summed E-state index contributed by atoms with van der Waals surface area (Å²) in [5, 5.41) is 6.61. The highest BCUT2D eigenvalue weighted by molar-refractivity contribution is 7.94. The molecule has 1 aliphatic heterocycles. The van der Waals surface area contributed by atoms with Crippen LogP contribution in [0.5, 0.6) is 0 Å². The van der Waals surface area contributed by atoms with Crippen LogP contribution in [0.25, 0.3) is 10.6 Å². The Balaban J connectivity index is 1.61. The van der Waals surface area contributed by atoms with Gasteiger partial charge in [0.25, 0.3) is 0 Å². The van der Waals surface area contributed by atoms with Gasteiger partial charge in [0.1, 0.15) is 5.01 Å². The predicted molar refractivity (Wildman–Crippen MR) is 100 cm³/mol. The Morgan fingerprint density at radius 2 is 2.04 bits per heavy atom. The molecule has 132 valence electrons. The third-order valence-corrected chi connectivity index (χ3v) is 6.33. The predicted octanol–water partition coefficient (Wildman–Crippen LogP) is 2.90. The number of sulfone groups is 1. The molecule has 0 saturated carbocycles. The molecule has 0 saturated heterocycles. The summed E-state index contributed by atoms with van der Waals surface area (Å²) in [7, 11) is -3.16. The van der Waals surface area contributed by atoms with Gasteiger partial charge in [-0.05, 0) is 17.6 Å². The maximum Gasteiger partial charge on any atom is 0.226 e. The molecule has 0 aliphatic carbocycles. The molecule has 0 bridgehead atoms. The zero-order valence-corrected chi connectivity index (χ0v) is 15.7. The molecule has 0 fully saturated rings. The summed E-state index contributed by atoms with van der Waals surface area (Å²) in [5.74, 6) is 0.195. The molecular formula is C18H20N2O3S2. The molecule has 3 rings (SSSR count). The van der Waals surface area contributed by atoms with Gasteiger partial charge in [-0.3, -0.25) is 4.79 Å². The summed E-state index contributed by atoms with van der Waals surface area (Å²) >= 11 is 1.50. The zero-order chi connectivity index (χ0) is 18.0. The SMILES string of the molecule is CC(C)c1ccc(-c2nc(CC(=O)N[C@@H]3C=CS(=O)(=O)C3)cs2)cc1. The van der Waals surface area contributed by atoms with Crippen LogP contribution in [0.3, 0.4) is 0 Å². The van der Waals surface area contributed by atoms with Crippen LogP contribution in [0.15, 0.2) is 41.1 Å². The van der Waals surface area contributed by atoms with Crippen molar-refractivity contribution >= 4 is 27.1 Å². The second kappa shape index (κ2) is 7.09. The number of hydrogen-bond acceptors (Lipinski definition) is 5. The van der Waals surface area contributed by atoms with Crippen LogP contribution in [-0.4, -0.2) is 31.1 Å². The van der Waals surface area contributed by atoms with Gasteiger partial charge in [-0.2, -0.15) is 0 Å². The highest BCUT2D eigenvalue weighted by Gasteiger charge is 2.23. The Kier molecular flexibility index (Phi) is 5.06. The van der Waals surface area contributed by atoms with E-state index in [9.17, 15) is 13.2 Å². The normalized spacial score (nSPS) is 18.6. The van der Waals surface area contributed by atoms with E-state index in [-0.39, 0.29) is 18.1 Å². The van der Waals surface area contributed by atoms with E-state index in [4.69, 9.17) is 0 Å². The first-order chi connectivity index (χ1) is 11.8. The van der Waals surface area contributed by atoms with Crippen LogP contribution >= 0.6 is 11.3 Å². The average molecular weight is 377 g/mol. The number of nitrogens with one attached hydrogen (secondary N) is 1. The molecule has 1 aromatic heterocycles. The number of benzene rings is 1. The largest absolute Gasteiger partial charge is 0.348 e. The van der Waals surface area contributed by atoms with Crippen LogP contribution in [0.4, 0.5) is 0 Å². The van der Waals surface area contributed by atoms with Gasteiger partial charge in [-0.25, -0.2) is 13.4 Å². The van der Waals surface area contributed by atoms with E-state index >= 15 is 0 Å². The summed E-state index contributed by atoms with van der Waals surface area (Å²) in [6.07, 6.45) is 1.65. The summed E-state index contributed by atoms with van der Waals surface area (Å²) in [4.78, 5) is 16.6. The first kappa shape index (κ1) is 17.8. The van der Waals surface area contributed by atoms with E-state index in [1.165, 1.54) is 23.0 Å². The smallest absolute Gasteiger partial charge is 0.226 e. The highest BCUT2D eigenvalue weighted by Crippen LogP contribution is 2.26. The van der Waals surface area contributed by atoms with Crippen LogP contribution in [0.2, 0.25) is 0 Å². The van der Waals surface area contributed by atoms with Crippen LogP contribution in [0.1, 0.15) is 31.0 Å². The molecule has 0 spiro atoms. The van der Waals surface area contributed by atoms with Crippen molar-refractivity contribution in [3.63, 3.8) is 0 Å². The Hall–Kier alpha value is -1.99. The minimum atomic E-state index is -3.16. The fraction of sp³-hybridized carbons (Fsp3) is 0.333. The lowest BCUT2D eigenvalue weighted by molar-refractivity contribution is -0.120. The molecule has 0 unspecified atom stereocenters. The first-order valence-electron chi connectivity index (χ1n) is 8.07. The molecule has 0 radical (unpaired) electrons. The van der Waals surface area contributed by atoms with Gasteiger partial charge in [-0.1, -0.05) is 38.1 Å². The van der Waals surface area contributed by atoms with Crippen molar-refractivity contribution < 1.29 is 13.2 Å². The van der Waals surface area contributed by atoms with Crippen molar-refractivity contribution in [3.05, 3.63) is 52.4 Å². The monoisotopic (exact) mass is 376 g/mol. The molecule has 7 heteroatoms. The first-order valence-corrected chi connectivity index (χ1v) is 10.7. The number of carbonyl (C=O) groups excluding carboxylic acids is 1. The van der Waals surface area contributed by atoms with Gasteiger partial charge in [0.05, 0.1) is 23.9 Å². The lowest BCUT2D eigenvalue weighted by atomic mass is 10.0. The number of thiazole rings is 1. The van der Waals surface area contributed by atoms with Crippen molar-refractivity contribution in [1.82, 2.24) is 10.3 Å². The fourth-order valence-corrected chi connectivity index (χ4v) is 4.68. The molecule has 25 heavy (non-hydrogen) atoms. The molecule has 2 heterocycles. The molecule has 2 aromatic rings. The maximum atomic E-state index is 12.1. The summed E-state index contributed by atoms with van der Waals surface area (Å²) in [5.41, 5.74) is 3.00. The summed E-state index contributed by atoms with van der Waals surface area (Å²) < 4.78 is 22.7. The van der Waals surface area contributed by atoms with Gasteiger partial charge >= 0.3 is 0 Å². The highest BCUT2D eigenvalue weighted by atomic mass is 32.2. The van der Waals surface area contributed by atoms with Crippen LogP contribution in [0, 0.1) is 0 Å². The molecular weight excluding hydrogens is 356 g/mol. The van der Waals surface area contributed by atoms with Crippen molar-refractivity contribution in [2.45, 2.75) is 32.2 Å². The number of hydrogen-bond donors (Lipinski definition) is 1. The molecule has 1 amide bonds. The number of carbonyl (C=O) groups is 1. The lowest BCUT2D eigenvalue weighted by Gasteiger charge is -2.08. The third-order valence-electron chi connectivity index (χ3n) is 3.99. The minimum Gasteiger partial charge on any atom is -0.348 e. The molecule has 1 atom stereocenters. The molecule has 1 N–H and O–H groups in total. The van der Waals surface area contributed by atoms with Crippen molar-refractivity contribution in [3.8, 4) is 10.6 Å². The number of rotatable bonds is 5. The standard InChI is InChI=1S/C18H20N2O3S2/c1-12(2)13-3-5-14(6-4-13)18-20-16(10-24-18)9-17(21)19-15-7-8-25(22,23)11-15/h3-8,10,12,15H,9,11H2,1-2H3,(H,19,21)/t15-/m1/s1. The van der Waals surface area contributed by atoms with Crippen LogP contribution < -0.4 is 5.32 Å². The Morgan fingerprint density at radius 3 is 2.64 bits per heavy atom. The van der Waals surface area contributed by atoms with Gasteiger partial charge in [-0.15, -0.1) is 11.3 Å². The van der Waals surface area contributed by atoms with E-state index < -0.39 is 15.9 Å². The number of aromatic nitrogens is 1. The quantitative estimate of drug-likeness (QED) is 0.870. The zero-order valence-electron chi connectivity index (χ0n) is 14.1. The third kappa shape index (κ3) is 4.55. The van der Waals surface area contributed by atoms with E-state index in [0.717, 1.165) is 16.0 Å². The Bertz CT molecular complexity index is 897. The van der Waals surface area contributed by atoms with Crippen molar-refractivity contribution in [2.24, 2.45) is 0 Å². The van der Waals surface area contributed by atoms with Crippen molar-refractivity contribution in [1.29, 1.82) is 0 Å². The average Bonchev–Trinajstić information content (AvgIpc) is 3.13. The van der Waals surface area contributed by atoms with Crippen molar-refractivity contribution in [2.75, 3.05) is 5.75 Å². The lowest BCUT2D eigenvalue weighted by Crippen LogP contribution is -2.36. The second-order valence-electron chi connectivity index (χ2n) is 6.43. The number of nitrogens with zero attached hydrogens (tertiary/aromatic N) is 1. The van der Waals surface area contributed by atoms with Gasteiger partial charge in [0.15, 0.2) is 9.84 Å². The van der Waals surface area contributed by atoms with Gasteiger partial charge < -0.3 is 5.32 Å². The molecule has 1 aliphatic rings.